The van der Waals surface area contributed by atoms with E-state index >= 15 is 0 Å². The molecule has 0 aliphatic heterocycles. The second-order valence-electron chi connectivity index (χ2n) is 13.7. The maximum atomic E-state index is 4.72. The molecule has 8 aliphatic rings. The first-order valence-electron chi connectivity index (χ1n) is 14.7. The number of halogens is 8. The summed E-state index contributed by atoms with van der Waals surface area (Å²) in [7, 11) is 0. The lowest BCUT2D eigenvalue weighted by atomic mass is 9.24. The predicted octanol–water partition coefficient (Wildman–Crippen LogP) is 13.7. The van der Waals surface area contributed by atoms with E-state index in [4.69, 9.17) is 31.9 Å². The fourth-order valence-corrected chi connectivity index (χ4v) is 20.7. The van der Waals surface area contributed by atoms with Crippen molar-refractivity contribution in [1.29, 1.82) is 0 Å². The summed E-state index contributed by atoms with van der Waals surface area (Å²) in [6.07, 6.45) is 38.1. The standard InChI is InChI=1S/C34H32Br8/c35-24-5-1-9-30(39,18-24)28-14-22-13-23(15-28)17-29(16-22,31(40)10-2-6-25(36)19-31)34(28,32(41)11-3-7-26(37)20-32)33(42)12-4-8-27(38)21-33/h1-12,22-23H,13-21H2. The Hall–Kier alpha value is 1.76. The molecule has 4 bridgehead atoms. The molecular formula is C34H32Br8. The first-order valence-corrected chi connectivity index (χ1v) is 21.0. The van der Waals surface area contributed by atoms with Crippen LogP contribution in [0.5, 0.6) is 0 Å². The Morgan fingerprint density at radius 3 is 1.05 bits per heavy atom. The van der Waals surface area contributed by atoms with Crippen LogP contribution in [0.3, 0.4) is 0 Å². The molecule has 0 amide bonds. The molecule has 0 N–H and O–H groups in total. The lowest BCUT2D eigenvalue weighted by Gasteiger charge is -2.84. The van der Waals surface area contributed by atoms with E-state index in [1.807, 2.05) is 0 Å². The maximum Gasteiger partial charge on any atom is 0.0569 e. The van der Waals surface area contributed by atoms with Crippen LogP contribution in [-0.2, 0) is 0 Å². The quantitative estimate of drug-likeness (QED) is 0.246. The zero-order valence-electron chi connectivity index (χ0n) is 23.0. The summed E-state index contributed by atoms with van der Waals surface area (Å²) in [5.41, 5.74) is -0.474. The van der Waals surface area contributed by atoms with E-state index in [9.17, 15) is 0 Å². The Balaban J connectivity index is 1.64. The van der Waals surface area contributed by atoms with Crippen molar-refractivity contribution in [3.8, 4) is 0 Å². The van der Waals surface area contributed by atoms with Gasteiger partial charge in [0.15, 0.2) is 0 Å². The molecule has 4 fully saturated rings. The van der Waals surface area contributed by atoms with Gasteiger partial charge < -0.3 is 0 Å². The average Bonchev–Trinajstić information content (AvgIpc) is 2.87. The molecule has 4 unspecified atom stereocenters. The minimum Gasteiger partial charge on any atom is -0.0798 e. The fourth-order valence-electron chi connectivity index (χ4n) is 11.2. The molecule has 0 aromatic rings. The second kappa shape index (κ2) is 10.9. The van der Waals surface area contributed by atoms with Crippen LogP contribution in [0.15, 0.2) is 90.8 Å². The molecule has 8 rings (SSSR count). The molecule has 0 heterocycles. The third kappa shape index (κ3) is 4.25. The van der Waals surface area contributed by atoms with Gasteiger partial charge in [0.25, 0.3) is 0 Å². The highest BCUT2D eigenvalue weighted by Gasteiger charge is 2.87. The van der Waals surface area contributed by atoms with Gasteiger partial charge in [-0.25, -0.2) is 0 Å². The normalized spacial score (nSPS) is 50.9. The highest BCUT2D eigenvalue weighted by molar-refractivity contribution is 9.13. The van der Waals surface area contributed by atoms with Crippen LogP contribution >= 0.6 is 127 Å². The lowest BCUT2D eigenvalue weighted by molar-refractivity contribution is -0.266. The highest BCUT2D eigenvalue weighted by Crippen LogP contribution is 2.89. The number of hydrogen-bond donors (Lipinski definition) is 0. The van der Waals surface area contributed by atoms with Gasteiger partial charge >= 0.3 is 0 Å². The summed E-state index contributed by atoms with van der Waals surface area (Å²) in [6.45, 7) is 0. The summed E-state index contributed by atoms with van der Waals surface area (Å²) < 4.78 is 3.90. The summed E-state index contributed by atoms with van der Waals surface area (Å²) in [6, 6.07) is 0. The van der Waals surface area contributed by atoms with Crippen LogP contribution < -0.4 is 0 Å². The lowest BCUT2D eigenvalue weighted by Crippen LogP contribution is -2.84. The topological polar surface area (TPSA) is 0 Å². The zero-order valence-corrected chi connectivity index (χ0v) is 35.7. The van der Waals surface area contributed by atoms with Crippen molar-refractivity contribution < 1.29 is 0 Å². The van der Waals surface area contributed by atoms with E-state index in [0.29, 0.717) is 11.8 Å². The third-order valence-corrected chi connectivity index (χ3v) is 18.8. The van der Waals surface area contributed by atoms with E-state index in [-0.39, 0.29) is 33.5 Å². The SMILES string of the molecule is BrC1=CC=CC(Br)(C23CC4CC(C2)CC(C2(Br)C=CC=C(Br)C2)(C4)C3(C2(Br)C=CC=C(Br)C2)C2(Br)C=CC=C(Br)C2)C1. The van der Waals surface area contributed by atoms with Crippen LogP contribution in [0.25, 0.3) is 0 Å². The van der Waals surface area contributed by atoms with Crippen LogP contribution in [0.4, 0.5) is 0 Å². The van der Waals surface area contributed by atoms with Crippen molar-refractivity contribution >= 4 is 127 Å². The smallest absolute Gasteiger partial charge is 0.0569 e. The Kier molecular flexibility index (Phi) is 8.38. The van der Waals surface area contributed by atoms with Crippen LogP contribution in [-0.4, -0.2) is 17.3 Å². The first-order chi connectivity index (χ1) is 19.8. The van der Waals surface area contributed by atoms with Crippen molar-refractivity contribution in [3.63, 3.8) is 0 Å². The molecule has 4 atom stereocenters. The van der Waals surface area contributed by atoms with Gasteiger partial charge in [0.1, 0.15) is 0 Å². The summed E-state index contributed by atoms with van der Waals surface area (Å²) in [5.74, 6) is 1.35. The largest absolute Gasteiger partial charge is 0.0798 e. The van der Waals surface area contributed by atoms with Crippen molar-refractivity contribution in [1.82, 2.24) is 0 Å². The minimum atomic E-state index is -0.343. The molecule has 42 heavy (non-hydrogen) atoms. The van der Waals surface area contributed by atoms with Crippen molar-refractivity contribution in [2.24, 2.45) is 28.1 Å². The van der Waals surface area contributed by atoms with E-state index in [1.165, 1.54) is 50.0 Å². The third-order valence-electron chi connectivity index (χ3n) is 11.7. The molecule has 8 aliphatic carbocycles. The van der Waals surface area contributed by atoms with Crippen LogP contribution in [0.2, 0.25) is 0 Å². The molecule has 0 aromatic heterocycles. The zero-order chi connectivity index (χ0) is 29.8. The first kappa shape index (κ1) is 32.3. The Bertz CT molecular complexity index is 1340. The fraction of sp³-hybridized carbons (Fsp3) is 0.529. The molecule has 0 radical (unpaired) electrons. The average molecular weight is 1080 g/mol. The number of rotatable bonds is 4. The van der Waals surface area contributed by atoms with E-state index in [1.54, 1.807) is 0 Å². The van der Waals surface area contributed by atoms with Gasteiger partial charge in [-0.3, -0.25) is 0 Å². The van der Waals surface area contributed by atoms with Gasteiger partial charge in [-0.15, -0.1) is 0 Å². The molecule has 4 saturated carbocycles. The summed E-state index contributed by atoms with van der Waals surface area (Å²) in [5, 5.41) is 0. The van der Waals surface area contributed by atoms with Crippen molar-refractivity contribution in [2.45, 2.75) is 75.1 Å². The van der Waals surface area contributed by atoms with Crippen LogP contribution in [0, 0.1) is 28.1 Å². The molecule has 0 saturated heterocycles. The Labute approximate surface area is 317 Å². The Morgan fingerprint density at radius 2 is 0.738 bits per heavy atom. The molecule has 0 nitrogen and oxygen atoms in total. The van der Waals surface area contributed by atoms with Gasteiger partial charge in [0.05, 0.1) is 17.3 Å². The number of allylic oxidation sites excluding steroid dienone is 16. The molecule has 8 heteroatoms. The van der Waals surface area contributed by atoms with Gasteiger partial charge in [-0.2, -0.15) is 0 Å². The molecular weight excluding hydrogens is 1050 g/mol. The second-order valence-corrected chi connectivity index (χ2v) is 23.5. The monoisotopic (exact) mass is 1070 g/mol. The van der Waals surface area contributed by atoms with E-state index in [0.717, 1.165) is 25.7 Å². The van der Waals surface area contributed by atoms with Crippen LogP contribution in [0.1, 0.15) is 57.8 Å². The van der Waals surface area contributed by atoms with Gasteiger partial charge in [0, 0.05) is 5.41 Å². The van der Waals surface area contributed by atoms with E-state index < -0.39 is 0 Å². The number of hydrogen-bond acceptors (Lipinski definition) is 0. The number of alkyl halides is 4. The molecule has 0 spiro atoms. The molecule has 0 aromatic carbocycles. The van der Waals surface area contributed by atoms with Gasteiger partial charge in [0.2, 0.25) is 0 Å². The minimum absolute atomic E-state index is 0.0902. The maximum absolute atomic E-state index is 4.72. The summed E-state index contributed by atoms with van der Waals surface area (Å²) in [4.78, 5) is 0. The van der Waals surface area contributed by atoms with Crippen molar-refractivity contribution in [3.05, 3.63) is 90.8 Å². The summed E-state index contributed by atoms with van der Waals surface area (Å²) >= 11 is 34.7. The van der Waals surface area contributed by atoms with Gasteiger partial charge in [-0.1, -0.05) is 200 Å². The predicted molar refractivity (Wildman–Crippen MR) is 207 cm³/mol. The molecule has 224 valence electrons. The highest BCUT2D eigenvalue weighted by atomic mass is 79.9. The van der Waals surface area contributed by atoms with Crippen molar-refractivity contribution in [2.75, 3.05) is 0 Å². The van der Waals surface area contributed by atoms with E-state index in [2.05, 4.69) is 168 Å². The Morgan fingerprint density at radius 1 is 0.452 bits per heavy atom. The van der Waals surface area contributed by atoms with Gasteiger partial charge in [-0.05, 0) is 98.4 Å².